The zero-order valence-electron chi connectivity index (χ0n) is 17.5. The van der Waals surface area contributed by atoms with Gasteiger partial charge in [0.05, 0.1) is 28.0 Å². The maximum atomic E-state index is 13.5. The number of aromatic nitrogens is 2. The van der Waals surface area contributed by atoms with Gasteiger partial charge in [0.2, 0.25) is 0 Å². The summed E-state index contributed by atoms with van der Waals surface area (Å²) in [5, 5.41) is 0. The molecule has 5 heterocycles. The monoisotopic (exact) mass is 490 g/mol. The average molecular weight is 491 g/mol. The molecule has 5 rings (SSSR count). The highest BCUT2D eigenvalue weighted by Crippen LogP contribution is 2.37. The van der Waals surface area contributed by atoms with Gasteiger partial charge < -0.3 is 4.90 Å². The fourth-order valence-corrected chi connectivity index (χ4v) is 7.53. The van der Waals surface area contributed by atoms with Crippen molar-refractivity contribution in [3.63, 3.8) is 0 Å². The Labute approximate surface area is 195 Å². The molecule has 3 saturated heterocycles. The molecule has 8 nitrogen and oxygen atoms in total. The SMILES string of the molecule is Cc1ccc2nc(N3CCCC3)c(C=C3SC(=S)N(C4CCS(=O)(=O)C4)C3=O)c(=O)n2c1. The number of carbonyl (C=O) groups is 1. The van der Waals surface area contributed by atoms with Crippen LogP contribution in [0.2, 0.25) is 0 Å². The zero-order chi connectivity index (χ0) is 22.6. The van der Waals surface area contributed by atoms with Crippen LogP contribution in [0.15, 0.2) is 28.0 Å². The molecule has 2 aromatic heterocycles. The molecule has 3 aliphatic heterocycles. The summed E-state index contributed by atoms with van der Waals surface area (Å²) in [5.41, 5.74) is 1.60. The Bertz CT molecular complexity index is 1340. The van der Waals surface area contributed by atoms with E-state index < -0.39 is 15.9 Å². The van der Waals surface area contributed by atoms with Gasteiger partial charge in [-0.2, -0.15) is 0 Å². The molecule has 0 spiro atoms. The molecule has 2 aromatic rings. The number of nitrogens with zero attached hydrogens (tertiary/aromatic N) is 4. The molecule has 1 unspecified atom stereocenters. The first kappa shape index (κ1) is 21.6. The molecule has 0 N–H and O–H groups in total. The Morgan fingerprint density at radius 1 is 1.22 bits per heavy atom. The first-order chi connectivity index (χ1) is 15.2. The van der Waals surface area contributed by atoms with Gasteiger partial charge in [0.15, 0.2) is 9.84 Å². The Hall–Kier alpha value is -2.24. The Balaban J connectivity index is 1.60. The third kappa shape index (κ3) is 3.75. The van der Waals surface area contributed by atoms with Crippen molar-refractivity contribution in [2.24, 2.45) is 0 Å². The molecular formula is C21H22N4O4S3. The number of sulfone groups is 1. The van der Waals surface area contributed by atoms with Crippen molar-refractivity contribution in [3.05, 3.63) is 44.7 Å². The van der Waals surface area contributed by atoms with E-state index in [1.165, 1.54) is 9.30 Å². The third-order valence-corrected chi connectivity index (χ3v) is 9.14. The van der Waals surface area contributed by atoms with Crippen LogP contribution in [-0.2, 0) is 14.6 Å². The lowest BCUT2D eigenvalue weighted by Crippen LogP contribution is -2.39. The number of anilines is 1. The molecule has 11 heteroatoms. The molecule has 1 atom stereocenters. The summed E-state index contributed by atoms with van der Waals surface area (Å²) in [6.07, 6.45) is 5.74. The second-order valence-corrected chi connectivity index (χ2v) is 12.3. The van der Waals surface area contributed by atoms with E-state index in [2.05, 4.69) is 4.90 Å². The standard InChI is InChI=1S/C21H22N4O4S3/c1-13-4-5-17-22-18(23-7-2-3-8-23)15(19(26)24(17)11-13)10-16-20(27)25(21(30)31-16)14-6-9-32(28,29)12-14/h4-5,10-11,14H,2-3,6-9,12H2,1H3. The predicted octanol–water partition coefficient (Wildman–Crippen LogP) is 1.99. The zero-order valence-corrected chi connectivity index (χ0v) is 19.9. The summed E-state index contributed by atoms with van der Waals surface area (Å²) in [4.78, 5) is 35.2. The molecule has 0 aromatic carbocycles. The molecule has 32 heavy (non-hydrogen) atoms. The van der Waals surface area contributed by atoms with E-state index in [0.29, 0.717) is 32.7 Å². The average Bonchev–Trinajstić information content (AvgIpc) is 3.45. The second-order valence-electron chi connectivity index (χ2n) is 8.39. The van der Waals surface area contributed by atoms with Gasteiger partial charge in [-0.3, -0.25) is 18.9 Å². The topological polar surface area (TPSA) is 92.1 Å². The lowest BCUT2D eigenvalue weighted by molar-refractivity contribution is -0.123. The van der Waals surface area contributed by atoms with E-state index in [1.54, 1.807) is 12.3 Å². The van der Waals surface area contributed by atoms with Gasteiger partial charge in [0, 0.05) is 19.3 Å². The molecule has 0 bridgehead atoms. The van der Waals surface area contributed by atoms with E-state index >= 15 is 0 Å². The van der Waals surface area contributed by atoms with Crippen LogP contribution in [0.3, 0.4) is 0 Å². The van der Waals surface area contributed by atoms with Crippen LogP contribution >= 0.6 is 24.0 Å². The van der Waals surface area contributed by atoms with E-state index in [4.69, 9.17) is 17.2 Å². The Morgan fingerprint density at radius 2 is 1.97 bits per heavy atom. The number of thioether (sulfide) groups is 1. The highest BCUT2D eigenvalue weighted by Gasteiger charge is 2.42. The first-order valence-electron chi connectivity index (χ1n) is 10.5. The molecular weight excluding hydrogens is 468 g/mol. The van der Waals surface area contributed by atoms with Crippen LogP contribution in [0.25, 0.3) is 11.7 Å². The highest BCUT2D eigenvalue weighted by molar-refractivity contribution is 8.26. The number of pyridine rings is 1. The lowest BCUT2D eigenvalue weighted by atomic mass is 10.2. The number of carbonyl (C=O) groups excluding carboxylic acids is 1. The van der Waals surface area contributed by atoms with Gasteiger partial charge in [-0.15, -0.1) is 0 Å². The minimum absolute atomic E-state index is 0.0577. The number of rotatable bonds is 3. The van der Waals surface area contributed by atoms with Crippen LogP contribution in [0.1, 0.15) is 30.4 Å². The van der Waals surface area contributed by atoms with Gasteiger partial charge in [-0.05, 0) is 43.9 Å². The summed E-state index contributed by atoms with van der Waals surface area (Å²) in [7, 11) is -3.16. The van der Waals surface area contributed by atoms with Crippen LogP contribution in [0.4, 0.5) is 5.82 Å². The first-order valence-corrected chi connectivity index (χ1v) is 13.5. The Morgan fingerprint density at radius 3 is 2.66 bits per heavy atom. The van der Waals surface area contributed by atoms with Crippen molar-refractivity contribution in [2.45, 2.75) is 32.2 Å². The molecule has 0 saturated carbocycles. The summed E-state index contributed by atoms with van der Waals surface area (Å²) < 4.78 is 25.7. The predicted molar refractivity (Wildman–Crippen MR) is 130 cm³/mol. The number of hydrogen-bond donors (Lipinski definition) is 0. The smallest absolute Gasteiger partial charge is 0.267 e. The molecule has 0 aliphatic carbocycles. The van der Waals surface area contributed by atoms with E-state index in [-0.39, 0.29) is 23.0 Å². The van der Waals surface area contributed by atoms with Gasteiger partial charge in [0.25, 0.3) is 11.5 Å². The number of fused-ring (bicyclic) bond motifs is 1. The van der Waals surface area contributed by atoms with Crippen LogP contribution < -0.4 is 10.5 Å². The van der Waals surface area contributed by atoms with Gasteiger partial charge in [-0.1, -0.05) is 30.0 Å². The van der Waals surface area contributed by atoms with Crippen molar-refractivity contribution < 1.29 is 13.2 Å². The quantitative estimate of drug-likeness (QED) is 0.477. The van der Waals surface area contributed by atoms with Gasteiger partial charge >= 0.3 is 0 Å². The number of hydrogen-bond acceptors (Lipinski definition) is 8. The van der Waals surface area contributed by atoms with Crippen molar-refractivity contribution in [1.29, 1.82) is 0 Å². The van der Waals surface area contributed by atoms with Crippen LogP contribution in [0.5, 0.6) is 0 Å². The minimum Gasteiger partial charge on any atom is -0.356 e. The maximum absolute atomic E-state index is 13.5. The van der Waals surface area contributed by atoms with Crippen molar-refractivity contribution >= 4 is 61.6 Å². The number of aryl methyl sites for hydroxylation is 1. The van der Waals surface area contributed by atoms with Crippen LogP contribution in [0, 0.1) is 6.92 Å². The molecule has 0 radical (unpaired) electrons. The fraction of sp³-hybridized carbons (Fsp3) is 0.429. The largest absolute Gasteiger partial charge is 0.356 e. The summed E-state index contributed by atoms with van der Waals surface area (Å²) >= 11 is 6.52. The third-order valence-electron chi connectivity index (χ3n) is 6.06. The van der Waals surface area contributed by atoms with E-state index in [9.17, 15) is 18.0 Å². The minimum atomic E-state index is -3.16. The summed E-state index contributed by atoms with van der Waals surface area (Å²) in [6, 6.07) is 3.28. The Kier molecular flexibility index (Phi) is 5.37. The van der Waals surface area contributed by atoms with E-state index in [1.807, 2.05) is 19.1 Å². The fourth-order valence-electron chi connectivity index (χ4n) is 4.45. The number of amides is 1. The highest BCUT2D eigenvalue weighted by atomic mass is 32.2. The molecule has 3 fully saturated rings. The van der Waals surface area contributed by atoms with E-state index in [0.717, 1.165) is 43.3 Å². The maximum Gasteiger partial charge on any atom is 0.267 e. The van der Waals surface area contributed by atoms with Gasteiger partial charge in [-0.25, -0.2) is 13.4 Å². The molecule has 168 valence electrons. The van der Waals surface area contributed by atoms with Crippen molar-refractivity contribution in [3.8, 4) is 0 Å². The lowest BCUT2D eigenvalue weighted by Gasteiger charge is -2.21. The molecule has 3 aliphatic rings. The second kappa shape index (κ2) is 7.96. The van der Waals surface area contributed by atoms with Crippen molar-refractivity contribution in [2.75, 3.05) is 29.5 Å². The number of thiocarbonyl (C=S) groups is 1. The normalized spacial score (nSPS) is 24.4. The van der Waals surface area contributed by atoms with Crippen LogP contribution in [-0.4, -0.2) is 63.6 Å². The molecule has 1 amide bonds. The summed E-state index contributed by atoms with van der Waals surface area (Å²) in [5.74, 6) is 0.209. The summed E-state index contributed by atoms with van der Waals surface area (Å²) in [6.45, 7) is 3.51. The van der Waals surface area contributed by atoms with Crippen molar-refractivity contribution in [1.82, 2.24) is 14.3 Å². The van der Waals surface area contributed by atoms with Gasteiger partial charge in [0.1, 0.15) is 15.8 Å².